The molecule has 0 N–H and O–H groups in total. The topological polar surface area (TPSA) is 105 Å². The highest BCUT2D eigenvalue weighted by Crippen LogP contribution is 2.60. The predicted octanol–water partition coefficient (Wildman–Crippen LogP) is 1.83. The minimum Gasteiger partial charge on any atom is -0.463 e. The minimum absolute atomic E-state index is 0.0447. The van der Waals surface area contributed by atoms with Crippen LogP contribution < -0.4 is 0 Å². The van der Waals surface area contributed by atoms with Crippen LogP contribution in [-0.2, 0) is 38.1 Å². The zero-order chi connectivity index (χ0) is 20.6. The Bertz CT molecular complexity index is 753. The molecular formula is C20H24O8. The van der Waals surface area contributed by atoms with E-state index >= 15 is 0 Å². The molecule has 2 heterocycles. The fraction of sp³-hybridized carbons (Fsp3) is 0.600. The van der Waals surface area contributed by atoms with Gasteiger partial charge in [0.25, 0.3) is 5.79 Å². The quantitative estimate of drug-likeness (QED) is 0.405. The normalized spacial score (nSPS) is 34.1. The van der Waals surface area contributed by atoms with Crippen molar-refractivity contribution in [3.05, 3.63) is 24.3 Å². The Hall–Kier alpha value is -2.64. The number of rotatable bonds is 4. The van der Waals surface area contributed by atoms with Crippen molar-refractivity contribution < 1.29 is 38.1 Å². The van der Waals surface area contributed by atoms with Crippen molar-refractivity contribution in [2.45, 2.75) is 51.4 Å². The first-order chi connectivity index (χ1) is 13.1. The van der Waals surface area contributed by atoms with Crippen LogP contribution in [0.3, 0.4) is 0 Å². The van der Waals surface area contributed by atoms with Gasteiger partial charge in [-0.1, -0.05) is 13.2 Å². The van der Waals surface area contributed by atoms with Crippen LogP contribution in [0, 0.1) is 17.8 Å². The molecule has 152 valence electrons. The summed E-state index contributed by atoms with van der Waals surface area (Å²) < 4.78 is 20.1. The Kier molecular flexibility index (Phi) is 5.32. The van der Waals surface area contributed by atoms with Crippen LogP contribution in [0.25, 0.3) is 0 Å². The molecule has 4 fully saturated rings. The van der Waals surface area contributed by atoms with Crippen molar-refractivity contribution in [1.29, 1.82) is 0 Å². The van der Waals surface area contributed by atoms with E-state index in [1.54, 1.807) is 6.92 Å². The molecule has 2 aliphatic heterocycles. The summed E-state index contributed by atoms with van der Waals surface area (Å²) in [5.41, 5.74) is 0.631. The van der Waals surface area contributed by atoms with Crippen molar-refractivity contribution in [2.75, 3.05) is 6.61 Å². The molecule has 8 nitrogen and oxygen atoms in total. The van der Waals surface area contributed by atoms with Gasteiger partial charge in [-0.2, -0.15) is 0 Å². The molecule has 2 saturated heterocycles. The third kappa shape index (κ3) is 3.68. The van der Waals surface area contributed by atoms with Crippen LogP contribution in [0.2, 0.25) is 0 Å². The van der Waals surface area contributed by atoms with E-state index in [1.807, 2.05) is 0 Å². The lowest BCUT2D eigenvalue weighted by Crippen LogP contribution is -2.39. The maximum Gasteiger partial charge on any atom is 0.347 e. The van der Waals surface area contributed by atoms with Gasteiger partial charge in [-0.3, -0.25) is 4.79 Å². The van der Waals surface area contributed by atoms with Crippen molar-refractivity contribution in [3.63, 3.8) is 0 Å². The standard InChI is InChI=1S/C12H14O4.C8H10O4/c1-6(2)10(13)15-12-5-7-3-8(9(12)4-7)11(14)16-12;1-5(2)7(9)12-6-3-4-11-8(6)10/h7-9H,1,3-5H2,2H3;6H,1,3-4H2,2H3. The summed E-state index contributed by atoms with van der Waals surface area (Å²) in [4.78, 5) is 44.9. The fourth-order valence-corrected chi connectivity index (χ4v) is 4.17. The lowest BCUT2D eigenvalue weighted by Gasteiger charge is -2.29. The molecule has 0 aromatic heterocycles. The fourth-order valence-electron chi connectivity index (χ4n) is 4.17. The Morgan fingerprint density at radius 2 is 1.75 bits per heavy atom. The minimum atomic E-state index is -0.958. The average Bonchev–Trinajstić information content (AvgIpc) is 3.32. The van der Waals surface area contributed by atoms with Gasteiger partial charge >= 0.3 is 23.9 Å². The van der Waals surface area contributed by atoms with E-state index in [0.717, 1.165) is 12.8 Å². The van der Waals surface area contributed by atoms with Crippen molar-refractivity contribution in [3.8, 4) is 0 Å². The molecule has 5 atom stereocenters. The number of carbonyl (C=O) groups excluding carboxylic acids is 4. The highest BCUT2D eigenvalue weighted by molar-refractivity contribution is 5.90. The van der Waals surface area contributed by atoms with Crippen LogP contribution in [0.1, 0.15) is 39.5 Å². The Morgan fingerprint density at radius 1 is 1.07 bits per heavy atom. The highest BCUT2D eigenvalue weighted by Gasteiger charge is 2.68. The summed E-state index contributed by atoms with van der Waals surface area (Å²) in [7, 11) is 0. The molecule has 28 heavy (non-hydrogen) atoms. The van der Waals surface area contributed by atoms with E-state index in [9.17, 15) is 19.2 Å². The molecule has 0 aromatic carbocycles. The molecule has 2 bridgehead atoms. The van der Waals surface area contributed by atoms with Crippen molar-refractivity contribution in [1.82, 2.24) is 0 Å². The molecule has 2 aliphatic carbocycles. The first-order valence-corrected chi connectivity index (χ1v) is 9.28. The summed E-state index contributed by atoms with van der Waals surface area (Å²) in [6.07, 6.45) is 2.22. The van der Waals surface area contributed by atoms with Gasteiger partial charge in [-0.15, -0.1) is 0 Å². The zero-order valence-electron chi connectivity index (χ0n) is 16.0. The summed E-state index contributed by atoms with van der Waals surface area (Å²) in [6, 6.07) is 0. The smallest absolute Gasteiger partial charge is 0.347 e. The Morgan fingerprint density at radius 3 is 2.29 bits per heavy atom. The maximum atomic E-state index is 11.6. The predicted molar refractivity (Wildman–Crippen MR) is 94.3 cm³/mol. The van der Waals surface area contributed by atoms with Crippen LogP contribution in [0.15, 0.2) is 24.3 Å². The second kappa shape index (κ2) is 7.41. The van der Waals surface area contributed by atoms with Gasteiger partial charge in [0.05, 0.1) is 18.4 Å². The lowest BCUT2D eigenvalue weighted by molar-refractivity contribution is -0.219. The van der Waals surface area contributed by atoms with Gasteiger partial charge in [0.2, 0.25) is 6.10 Å². The van der Waals surface area contributed by atoms with E-state index in [-0.39, 0.29) is 23.4 Å². The molecule has 0 spiro atoms. The average molecular weight is 392 g/mol. The van der Waals surface area contributed by atoms with Crippen molar-refractivity contribution >= 4 is 23.9 Å². The lowest BCUT2D eigenvalue weighted by atomic mass is 9.87. The van der Waals surface area contributed by atoms with Crippen LogP contribution in [0.4, 0.5) is 0 Å². The summed E-state index contributed by atoms with van der Waals surface area (Å²) in [5.74, 6) is -2.12. The molecule has 0 radical (unpaired) electrons. The van der Waals surface area contributed by atoms with E-state index in [0.29, 0.717) is 30.9 Å². The maximum absolute atomic E-state index is 11.6. The summed E-state index contributed by atoms with van der Waals surface area (Å²) in [5, 5.41) is 0. The molecule has 4 aliphatic rings. The van der Waals surface area contributed by atoms with Gasteiger partial charge in [0.15, 0.2) is 0 Å². The molecule has 4 rings (SSSR count). The SMILES string of the molecule is C=C(C)C(=O)OC12CC3CC(C(=O)O1)C2C3.C=C(C)C(=O)OC1CCOC1=O. The molecule has 2 saturated carbocycles. The molecule has 8 heteroatoms. The number of cyclic esters (lactones) is 1. The highest BCUT2D eigenvalue weighted by atomic mass is 16.7. The van der Waals surface area contributed by atoms with Crippen molar-refractivity contribution in [2.24, 2.45) is 17.8 Å². The largest absolute Gasteiger partial charge is 0.463 e. The number of hydrogen-bond acceptors (Lipinski definition) is 8. The number of esters is 4. The molecule has 0 aromatic rings. The van der Waals surface area contributed by atoms with E-state index in [1.165, 1.54) is 6.92 Å². The molecule has 0 amide bonds. The number of fused-ring (bicyclic) bond motifs is 1. The third-order valence-corrected chi connectivity index (χ3v) is 5.47. The van der Waals surface area contributed by atoms with E-state index in [2.05, 4.69) is 17.9 Å². The number of ether oxygens (including phenoxy) is 4. The monoisotopic (exact) mass is 392 g/mol. The van der Waals surface area contributed by atoms with Crippen LogP contribution in [-0.4, -0.2) is 42.4 Å². The second-order valence-electron chi connectivity index (χ2n) is 7.79. The zero-order valence-corrected chi connectivity index (χ0v) is 16.0. The van der Waals surface area contributed by atoms with Gasteiger partial charge in [0, 0.05) is 24.0 Å². The molecule has 5 unspecified atom stereocenters. The molecular weight excluding hydrogens is 368 g/mol. The first kappa shape index (κ1) is 20.1. The number of hydrogen-bond donors (Lipinski definition) is 0. The summed E-state index contributed by atoms with van der Waals surface area (Å²) >= 11 is 0. The van der Waals surface area contributed by atoms with Gasteiger partial charge in [-0.05, 0) is 32.6 Å². The van der Waals surface area contributed by atoms with Gasteiger partial charge in [0.1, 0.15) is 0 Å². The second-order valence-corrected chi connectivity index (χ2v) is 7.79. The third-order valence-electron chi connectivity index (χ3n) is 5.47. The van der Waals surface area contributed by atoms with E-state index < -0.39 is 29.8 Å². The van der Waals surface area contributed by atoms with Gasteiger partial charge < -0.3 is 18.9 Å². The Balaban J connectivity index is 0.000000169. The van der Waals surface area contributed by atoms with Crippen LogP contribution in [0.5, 0.6) is 0 Å². The summed E-state index contributed by atoms with van der Waals surface area (Å²) in [6.45, 7) is 10.4. The van der Waals surface area contributed by atoms with Crippen LogP contribution >= 0.6 is 0 Å². The first-order valence-electron chi connectivity index (χ1n) is 9.28. The van der Waals surface area contributed by atoms with E-state index in [4.69, 9.17) is 14.2 Å². The number of carbonyl (C=O) groups is 4. The Labute approximate surface area is 162 Å². The van der Waals surface area contributed by atoms with Gasteiger partial charge in [-0.25, -0.2) is 14.4 Å².